The van der Waals surface area contributed by atoms with Crippen LogP contribution in [0.1, 0.15) is 41.1 Å². The zero-order valence-electron chi connectivity index (χ0n) is 14.8. The van der Waals surface area contributed by atoms with Gasteiger partial charge >= 0.3 is 0 Å². The van der Waals surface area contributed by atoms with Crippen LogP contribution >= 0.6 is 0 Å². The Kier molecular flexibility index (Phi) is 4.44. The van der Waals surface area contributed by atoms with Crippen molar-refractivity contribution < 1.29 is 14.0 Å². The molecular weight excluding hydrogens is 332 g/mol. The number of carbonyl (C=O) groups is 2. The van der Waals surface area contributed by atoms with Crippen molar-refractivity contribution in [3.05, 3.63) is 47.9 Å². The summed E-state index contributed by atoms with van der Waals surface area (Å²) in [4.78, 5) is 37.5. The number of oxazole rings is 1. The third-order valence-electron chi connectivity index (χ3n) is 5.35. The van der Waals surface area contributed by atoms with E-state index in [-0.39, 0.29) is 23.9 Å². The second-order valence-electron chi connectivity index (χ2n) is 6.94. The summed E-state index contributed by atoms with van der Waals surface area (Å²) < 4.78 is 4.92. The summed E-state index contributed by atoms with van der Waals surface area (Å²) in [6.07, 6.45) is 5.39. The van der Waals surface area contributed by atoms with Gasteiger partial charge in [0, 0.05) is 30.9 Å². The van der Waals surface area contributed by atoms with Crippen LogP contribution in [0.2, 0.25) is 0 Å². The van der Waals surface area contributed by atoms with E-state index in [0.717, 1.165) is 24.2 Å². The van der Waals surface area contributed by atoms with Gasteiger partial charge in [0.1, 0.15) is 6.26 Å². The number of likely N-dealkylation sites (tertiary alicyclic amines) is 2. The summed E-state index contributed by atoms with van der Waals surface area (Å²) in [5.41, 5.74) is 2.25. The predicted molar refractivity (Wildman–Crippen MR) is 93.4 cm³/mol. The quantitative estimate of drug-likeness (QED) is 0.837. The normalized spacial score (nSPS) is 21.9. The van der Waals surface area contributed by atoms with Crippen molar-refractivity contribution in [3.63, 3.8) is 0 Å². The second kappa shape index (κ2) is 6.90. The Labute approximate surface area is 152 Å². The van der Waals surface area contributed by atoms with E-state index >= 15 is 0 Å². The van der Waals surface area contributed by atoms with E-state index in [9.17, 15) is 9.59 Å². The molecule has 2 aliphatic heterocycles. The van der Waals surface area contributed by atoms with Gasteiger partial charge in [-0.1, -0.05) is 6.07 Å². The number of pyridine rings is 1. The van der Waals surface area contributed by atoms with Gasteiger partial charge in [-0.05, 0) is 38.3 Å². The van der Waals surface area contributed by atoms with Gasteiger partial charge in [0.2, 0.25) is 5.91 Å². The molecule has 4 rings (SSSR count). The third-order valence-corrected chi connectivity index (χ3v) is 5.35. The molecule has 26 heavy (non-hydrogen) atoms. The maximum absolute atomic E-state index is 12.7. The van der Waals surface area contributed by atoms with E-state index < -0.39 is 0 Å². The topological polar surface area (TPSA) is 79.5 Å². The standard InChI is InChI=1S/C19H22N4O3/c1-13-3-2-4-14(21-13)5-6-18(24)22-9-7-17-16(22)8-10-23(17)19(25)15-11-26-12-20-15/h2-4,11-12,16-17H,5-10H2,1H3/t16-,17-/m1/s1. The minimum absolute atomic E-state index is 0.0836. The molecule has 2 aromatic heterocycles. The lowest BCUT2D eigenvalue weighted by molar-refractivity contribution is -0.132. The maximum Gasteiger partial charge on any atom is 0.276 e. The lowest BCUT2D eigenvalue weighted by Crippen LogP contribution is -2.41. The number of aromatic nitrogens is 2. The lowest BCUT2D eigenvalue weighted by Gasteiger charge is -2.25. The minimum atomic E-state index is -0.107. The largest absolute Gasteiger partial charge is 0.451 e. The number of fused-ring (bicyclic) bond motifs is 1. The molecule has 2 atom stereocenters. The number of amides is 2. The van der Waals surface area contributed by atoms with Crippen LogP contribution in [0.5, 0.6) is 0 Å². The van der Waals surface area contributed by atoms with Crippen LogP contribution in [-0.4, -0.2) is 56.8 Å². The molecule has 0 saturated carbocycles. The molecule has 0 unspecified atom stereocenters. The summed E-state index contributed by atoms with van der Waals surface area (Å²) in [5, 5.41) is 0. The molecule has 2 amide bonds. The van der Waals surface area contributed by atoms with Crippen LogP contribution in [0.4, 0.5) is 0 Å². The SMILES string of the molecule is Cc1cccc(CCC(=O)N2CC[C@@H]3[C@H]2CCN3C(=O)c2cocn2)n1. The number of nitrogens with zero attached hydrogens (tertiary/aromatic N) is 4. The molecule has 0 aliphatic carbocycles. The van der Waals surface area contributed by atoms with Gasteiger partial charge in [-0.25, -0.2) is 4.98 Å². The van der Waals surface area contributed by atoms with E-state index in [1.165, 1.54) is 12.7 Å². The fourth-order valence-electron chi connectivity index (χ4n) is 4.13. The summed E-state index contributed by atoms with van der Waals surface area (Å²) in [6, 6.07) is 6.08. The highest BCUT2D eigenvalue weighted by Crippen LogP contribution is 2.33. The molecule has 2 aliphatic rings. The zero-order chi connectivity index (χ0) is 18.1. The van der Waals surface area contributed by atoms with E-state index in [2.05, 4.69) is 9.97 Å². The second-order valence-corrected chi connectivity index (χ2v) is 6.94. The van der Waals surface area contributed by atoms with Gasteiger partial charge in [0.25, 0.3) is 5.91 Å². The molecular formula is C19H22N4O3. The zero-order valence-corrected chi connectivity index (χ0v) is 14.8. The highest BCUT2D eigenvalue weighted by atomic mass is 16.3. The Morgan fingerprint density at radius 3 is 2.69 bits per heavy atom. The summed E-state index contributed by atoms with van der Waals surface area (Å²) in [5.74, 6) is 0.0426. The highest BCUT2D eigenvalue weighted by Gasteiger charge is 2.46. The molecule has 0 bridgehead atoms. The van der Waals surface area contributed by atoms with E-state index in [0.29, 0.717) is 31.6 Å². The van der Waals surface area contributed by atoms with Crippen LogP contribution < -0.4 is 0 Å². The van der Waals surface area contributed by atoms with Crippen LogP contribution in [-0.2, 0) is 11.2 Å². The molecule has 0 radical (unpaired) electrons. The molecule has 2 fully saturated rings. The Bertz CT molecular complexity index is 805. The first-order valence-corrected chi connectivity index (χ1v) is 9.04. The number of carbonyl (C=O) groups excluding carboxylic acids is 2. The van der Waals surface area contributed by atoms with Gasteiger partial charge in [0.05, 0.1) is 12.1 Å². The summed E-state index contributed by atoms with van der Waals surface area (Å²) >= 11 is 0. The maximum atomic E-state index is 12.7. The Hall–Kier alpha value is -2.70. The third kappa shape index (κ3) is 3.09. The van der Waals surface area contributed by atoms with Crippen LogP contribution in [0, 0.1) is 6.92 Å². The van der Waals surface area contributed by atoms with E-state index in [1.807, 2.05) is 34.9 Å². The van der Waals surface area contributed by atoms with Crippen LogP contribution in [0.25, 0.3) is 0 Å². The number of hydrogen-bond acceptors (Lipinski definition) is 5. The predicted octanol–water partition coefficient (Wildman–Crippen LogP) is 1.83. The molecule has 0 spiro atoms. The fourth-order valence-corrected chi connectivity index (χ4v) is 4.13. The molecule has 7 heteroatoms. The molecule has 0 aromatic carbocycles. The highest BCUT2D eigenvalue weighted by molar-refractivity contribution is 5.92. The van der Waals surface area contributed by atoms with Crippen molar-refractivity contribution in [1.82, 2.24) is 19.8 Å². The first-order valence-electron chi connectivity index (χ1n) is 9.04. The average molecular weight is 354 g/mol. The minimum Gasteiger partial charge on any atom is -0.451 e. The van der Waals surface area contributed by atoms with Crippen LogP contribution in [0.15, 0.2) is 35.3 Å². The van der Waals surface area contributed by atoms with Gasteiger partial charge in [-0.3, -0.25) is 14.6 Å². The van der Waals surface area contributed by atoms with E-state index in [4.69, 9.17) is 4.42 Å². The van der Waals surface area contributed by atoms with Crippen molar-refractivity contribution in [2.24, 2.45) is 0 Å². The Morgan fingerprint density at radius 2 is 1.96 bits per heavy atom. The molecule has 0 N–H and O–H groups in total. The summed E-state index contributed by atoms with van der Waals surface area (Å²) in [7, 11) is 0. The molecule has 2 aromatic rings. The molecule has 4 heterocycles. The number of hydrogen-bond donors (Lipinski definition) is 0. The van der Waals surface area contributed by atoms with Gasteiger partial charge in [-0.2, -0.15) is 0 Å². The monoisotopic (exact) mass is 354 g/mol. The van der Waals surface area contributed by atoms with Crippen molar-refractivity contribution in [2.45, 2.75) is 44.7 Å². The number of rotatable bonds is 4. The smallest absolute Gasteiger partial charge is 0.276 e. The van der Waals surface area contributed by atoms with Gasteiger partial charge < -0.3 is 14.2 Å². The summed E-state index contributed by atoms with van der Waals surface area (Å²) in [6.45, 7) is 3.32. The van der Waals surface area contributed by atoms with Crippen LogP contribution in [0.3, 0.4) is 0 Å². The van der Waals surface area contributed by atoms with Gasteiger partial charge in [0.15, 0.2) is 12.1 Å². The van der Waals surface area contributed by atoms with Crippen molar-refractivity contribution >= 4 is 11.8 Å². The first-order chi connectivity index (χ1) is 12.6. The number of aryl methyl sites for hydroxylation is 2. The van der Waals surface area contributed by atoms with Crippen molar-refractivity contribution in [1.29, 1.82) is 0 Å². The first kappa shape index (κ1) is 16.8. The van der Waals surface area contributed by atoms with E-state index in [1.54, 1.807) is 0 Å². The van der Waals surface area contributed by atoms with Gasteiger partial charge in [-0.15, -0.1) is 0 Å². The fraction of sp³-hybridized carbons (Fsp3) is 0.474. The lowest BCUT2D eigenvalue weighted by atomic mass is 10.1. The van der Waals surface area contributed by atoms with Crippen molar-refractivity contribution in [3.8, 4) is 0 Å². The molecule has 136 valence electrons. The van der Waals surface area contributed by atoms with Crippen molar-refractivity contribution in [2.75, 3.05) is 13.1 Å². The Balaban J connectivity index is 1.38. The molecule has 7 nitrogen and oxygen atoms in total. The average Bonchev–Trinajstić information content (AvgIpc) is 3.36. The molecule has 2 saturated heterocycles. The Morgan fingerprint density at radius 1 is 1.19 bits per heavy atom.